The zero-order valence-corrected chi connectivity index (χ0v) is 12.6. The molecule has 21 heavy (non-hydrogen) atoms. The Kier molecular flexibility index (Phi) is 6.98. The van der Waals surface area contributed by atoms with E-state index in [0.29, 0.717) is 12.2 Å². The topological polar surface area (TPSA) is 89.9 Å². The lowest BCUT2D eigenvalue weighted by Gasteiger charge is -2.22. The molecule has 0 unspecified atom stereocenters. The van der Waals surface area contributed by atoms with Crippen molar-refractivity contribution in [3.63, 3.8) is 0 Å². The van der Waals surface area contributed by atoms with Crippen LogP contribution in [0.1, 0.15) is 30.1 Å². The Morgan fingerprint density at radius 2 is 2.05 bits per heavy atom. The number of halogens is 1. The van der Waals surface area contributed by atoms with Crippen molar-refractivity contribution in [2.75, 3.05) is 25.0 Å². The fourth-order valence-electron chi connectivity index (χ4n) is 1.75. The van der Waals surface area contributed by atoms with Crippen LogP contribution < -0.4 is 5.32 Å². The SMILES string of the molecule is CCCCN(CCO)C(=O)Nc1ccc(Cl)c(C(=O)O)c1. The number of aliphatic hydroxyl groups is 1. The summed E-state index contributed by atoms with van der Waals surface area (Å²) in [5.41, 5.74) is 0.276. The average Bonchev–Trinajstić information content (AvgIpc) is 2.45. The molecule has 1 aromatic rings. The molecule has 0 aliphatic carbocycles. The molecule has 7 heteroatoms. The van der Waals surface area contributed by atoms with Crippen molar-refractivity contribution in [3.8, 4) is 0 Å². The van der Waals surface area contributed by atoms with E-state index in [-0.39, 0.29) is 29.8 Å². The van der Waals surface area contributed by atoms with Gasteiger partial charge in [0.2, 0.25) is 0 Å². The first-order valence-corrected chi connectivity index (χ1v) is 7.07. The van der Waals surface area contributed by atoms with Crippen LogP contribution in [0.15, 0.2) is 18.2 Å². The van der Waals surface area contributed by atoms with Gasteiger partial charge in [0, 0.05) is 18.8 Å². The van der Waals surface area contributed by atoms with Crippen molar-refractivity contribution in [1.82, 2.24) is 4.90 Å². The molecule has 0 radical (unpaired) electrons. The van der Waals surface area contributed by atoms with Gasteiger partial charge >= 0.3 is 12.0 Å². The zero-order valence-electron chi connectivity index (χ0n) is 11.8. The summed E-state index contributed by atoms with van der Waals surface area (Å²) in [5, 5.41) is 20.7. The van der Waals surface area contributed by atoms with Crippen LogP contribution in [0.2, 0.25) is 5.02 Å². The van der Waals surface area contributed by atoms with Gasteiger partial charge in [0.25, 0.3) is 0 Å². The zero-order chi connectivity index (χ0) is 15.8. The Labute approximate surface area is 128 Å². The van der Waals surface area contributed by atoms with Crippen molar-refractivity contribution in [2.45, 2.75) is 19.8 Å². The Balaban J connectivity index is 2.80. The summed E-state index contributed by atoms with van der Waals surface area (Å²) in [4.78, 5) is 24.6. The lowest BCUT2D eigenvalue weighted by Crippen LogP contribution is -2.37. The number of carbonyl (C=O) groups excluding carboxylic acids is 1. The van der Waals surface area contributed by atoms with E-state index in [1.165, 1.54) is 23.1 Å². The highest BCUT2D eigenvalue weighted by molar-refractivity contribution is 6.33. The number of benzene rings is 1. The number of hydrogen-bond donors (Lipinski definition) is 3. The molecule has 0 aromatic heterocycles. The third-order valence-corrected chi connectivity index (χ3v) is 3.22. The van der Waals surface area contributed by atoms with Crippen LogP contribution in [0.4, 0.5) is 10.5 Å². The largest absolute Gasteiger partial charge is 0.478 e. The second-order valence-corrected chi connectivity index (χ2v) is 4.90. The number of rotatable bonds is 7. The van der Waals surface area contributed by atoms with Crippen LogP contribution in [-0.4, -0.2) is 46.8 Å². The predicted octanol–water partition coefficient (Wildman–Crippen LogP) is 2.66. The number of nitrogens with zero attached hydrogens (tertiary/aromatic N) is 1. The van der Waals surface area contributed by atoms with E-state index in [2.05, 4.69) is 5.32 Å². The molecule has 0 aliphatic heterocycles. The number of aliphatic hydroxyl groups excluding tert-OH is 1. The predicted molar refractivity (Wildman–Crippen MR) is 81.0 cm³/mol. The van der Waals surface area contributed by atoms with Crippen LogP contribution in [0.3, 0.4) is 0 Å². The molecule has 0 fully saturated rings. The number of anilines is 1. The number of carbonyl (C=O) groups is 2. The molecule has 0 spiro atoms. The maximum absolute atomic E-state index is 12.1. The summed E-state index contributed by atoms with van der Waals surface area (Å²) in [7, 11) is 0. The van der Waals surface area contributed by atoms with Crippen LogP contribution >= 0.6 is 11.6 Å². The van der Waals surface area contributed by atoms with E-state index in [9.17, 15) is 9.59 Å². The van der Waals surface area contributed by atoms with Gasteiger partial charge in [-0.15, -0.1) is 0 Å². The maximum atomic E-state index is 12.1. The summed E-state index contributed by atoms with van der Waals surface area (Å²) in [5.74, 6) is -1.16. The smallest absolute Gasteiger partial charge is 0.337 e. The first-order chi connectivity index (χ1) is 9.99. The number of amides is 2. The van der Waals surface area contributed by atoms with E-state index in [0.717, 1.165) is 12.8 Å². The van der Waals surface area contributed by atoms with Gasteiger partial charge in [-0.25, -0.2) is 9.59 Å². The highest BCUT2D eigenvalue weighted by atomic mass is 35.5. The molecule has 0 heterocycles. The number of carboxylic acid groups (broad SMARTS) is 1. The van der Waals surface area contributed by atoms with Crippen molar-refractivity contribution < 1.29 is 19.8 Å². The summed E-state index contributed by atoms with van der Waals surface area (Å²) in [6.45, 7) is 2.64. The van der Waals surface area contributed by atoms with E-state index in [4.69, 9.17) is 21.8 Å². The van der Waals surface area contributed by atoms with Crippen molar-refractivity contribution in [3.05, 3.63) is 28.8 Å². The molecule has 0 saturated carbocycles. The fraction of sp³-hybridized carbons (Fsp3) is 0.429. The van der Waals surface area contributed by atoms with Crippen molar-refractivity contribution >= 4 is 29.3 Å². The van der Waals surface area contributed by atoms with Gasteiger partial charge in [-0.1, -0.05) is 24.9 Å². The molecule has 2 amide bonds. The van der Waals surface area contributed by atoms with Crippen LogP contribution in [-0.2, 0) is 0 Å². The molecule has 3 N–H and O–H groups in total. The standard InChI is InChI=1S/C14H19ClN2O4/c1-2-3-6-17(7-8-18)14(21)16-10-4-5-12(15)11(9-10)13(19)20/h4-5,9,18H,2-3,6-8H2,1H3,(H,16,21)(H,19,20). The minimum absolute atomic E-state index is 0.0725. The monoisotopic (exact) mass is 314 g/mol. The third-order valence-electron chi connectivity index (χ3n) is 2.89. The summed E-state index contributed by atoms with van der Waals surface area (Å²) in [6, 6.07) is 3.88. The van der Waals surface area contributed by atoms with Crippen molar-refractivity contribution in [1.29, 1.82) is 0 Å². The minimum Gasteiger partial charge on any atom is -0.478 e. The Morgan fingerprint density at radius 1 is 1.33 bits per heavy atom. The number of urea groups is 1. The van der Waals surface area contributed by atoms with Gasteiger partial charge in [0.05, 0.1) is 17.2 Å². The van der Waals surface area contributed by atoms with Gasteiger partial charge in [0.1, 0.15) is 0 Å². The van der Waals surface area contributed by atoms with E-state index in [1.807, 2.05) is 6.92 Å². The molecule has 1 aromatic carbocycles. The first-order valence-electron chi connectivity index (χ1n) is 6.69. The molecule has 116 valence electrons. The van der Waals surface area contributed by atoms with Crippen LogP contribution in [0, 0.1) is 0 Å². The number of hydrogen-bond acceptors (Lipinski definition) is 3. The second kappa shape index (κ2) is 8.49. The highest BCUT2D eigenvalue weighted by Gasteiger charge is 2.14. The van der Waals surface area contributed by atoms with E-state index < -0.39 is 5.97 Å². The normalized spacial score (nSPS) is 10.2. The molecule has 1 rings (SSSR count). The lowest BCUT2D eigenvalue weighted by atomic mass is 10.2. The molecular formula is C14H19ClN2O4. The summed E-state index contributed by atoms with van der Waals surface area (Å²) in [6.07, 6.45) is 1.76. The molecule has 0 atom stereocenters. The second-order valence-electron chi connectivity index (χ2n) is 4.49. The first kappa shape index (κ1) is 17.3. The molecular weight excluding hydrogens is 296 g/mol. The highest BCUT2D eigenvalue weighted by Crippen LogP contribution is 2.20. The van der Waals surface area contributed by atoms with Gasteiger partial charge in [-0.2, -0.15) is 0 Å². The quantitative estimate of drug-likeness (QED) is 0.721. The molecule has 0 aliphatic rings. The number of unbranched alkanes of at least 4 members (excludes halogenated alkanes) is 1. The van der Waals surface area contributed by atoms with Crippen LogP contribution in [0.5, 0.6) is 0 Å². The Bertz CT molecular complexity index is 508. The summed E-state index contributed by atoms with van der Waals surface area (Å²) >= 11 is 5.77. The molecule has 0 saturated heterocycles. The fourth-order valence-corrected chi connectivity index (χ4v) is 1.95. The minimum atomic E-state index is -1.16. The number of carboxylic acids is 1. The van der Waals surface area contributed by atoms with E-state index in [1.54, 1.807) is 0 Å². The molecule has 0 bridgehead atoms. The lowest BCUT2D eigenvalue weighted by molar-refractivity contribution is 0.0697. The summed E-state index contributed by atoms with van der Waals surface area (Å²) < 4.78 is 0. The van der Waals surface area contributed by atoms with Gasteiger partial charge in [-0.3, -0.25) is 0 Å². The van der Waals surface area contributed by atoms with Crippen LogP contribution in [0.25, 0.3) is 0 Å². The van der Waals surface area contributed by atoms with Gasteiger partial charge in [-0.05, 0) is 24.6 Å². The third kappa shape index (κ3) is 5.24. The average molecular weight is 315 g/mol. The Morgan fingerprint density at radius 3 is 2.62 bits per heavy atom. The maximum Gasteiger partial charge on any atom is 0.337 e. The molecule has 6 nitrogen and oxygen atoms in total. The number of nitrogens with one attached hydrogen (secondary N) is 1. The van der Waals surface area contributed by atoms with E-state index >= 15 is 0 Å². The number of aromatic carboxylic acids is 1. The Hall–Kier alpha value is -1.79. The van der Waals surface area contributed by atoms with Gasteiger partial charge < -0.3 is 20.4 Å². The van der Waals surface area contributed by atoms with Crippen molar-refractivity contribution in [2.24, 2.45) is 0 Å². The van der Waals surface area contributed by atoms with Gasteiger partial charge in [0.15, 0.2) is 0 Å².